The maximum atomic E-state index is 12.7. The van der Waals surface area contributed by atoms with E-state index in [9.17, 15) is 19.5 Å². The Kier molecular flexibility index (Phi) is 50.6. The summed E-state index contributed by atoms with van der Waals surface area (Å²) in [6, 6.07) is 0. The highest BCUT2D eigenvalue weighted by Crippen LogP contribution is 2.16. The molecule has 0 heterocycles. The summed E-state index contributed by atoms with van der Waals surface area (Å²) >= 11 is 0. The van der Waals surface area contributed by atoms with Crippen molar-refractivity contribution in [1.29, 1.82) is 0 Å². The number of unbranched alkanes of at least 4 members (excludes halogenated alkanes) is 26. The van der Waals surface area contributed by atoms with Crippen LogP contribution in [0.3, 0.4) is 0 Å². The molecule has 410 valence electrons. The third kappa shape index (κ3) is 54.3. The fourth-order valence-corrected chi connectivity index (χ4v) is 7.99. The van der Waals surface area contributed by atoms with Gasteiger partial charge in [-0.1, -0.05) is 234 Å². The second-order valence-electron chi connectivity index (χ2n) is 20.5. The lowest BCUT2D eigenvalue weighted by Crippen LogP contribution is -2.44. The van der Waals surface area contributed by atoms with Crippen LogP contribution in [0.4, 0.5) is 0 Å². The Morgan fingerprint density at radius 1 is 0.437 bits per heavy atom. The van der Waals surface area contributed by atoms with Crippen molar-refractivity contribution < 1.29 is 42.9 Å². The first-order valence-corrected chi connectivity index (χ1v) is 29.1. The van der Waals surface area contributed by atoms with Gasteiger partial charge in [0.15, 0.2) is 12.4 Å². The first kappa shape index (κ1) is 67.7. The number of carbonyl (C=O) groups is 3. The van der Waals surface area contributed by atoms with Crippen molar-refractivity contribution in [3.05, 3.63) is 72.9 Å². The van der Waals surface area contributed by atoms with Gasteiger partial charge in [0.25, 0.3) is 0 Å². The Morgan fingerprint density at radius 2 is 0.831 bits per heavy atom. The van der Waals surface area contributed by atoms with Crippen molar-refractivity contribution in [3.8, 4) is 0 Å². The lowest BCUT2D eigenvalue weighted by Gasteiger charge is -2.26. The number of carbonyl (C=O) groups excluding carboxylic acids is 3. The number of rotatable bonds is 53. The molecule has 0 aromatic rings. The predicted molar refractivity (Wildman–Crippen MR) is 297 cm³/mol. The first-order chi connectivity index (χ1) is 34.6. The number of carboxylic acids is 1. The normalized spacial score (nSPS) is 13.3. The summed E-state index contributed by atoms with van der Waals surface area (Å²) in [4.78, 5) is 37.1. The molecule has 2 unspecified atom stereocenters. The zero-order valence-corrected chi connectivity index (χ0v) is 46.6. The van der Waals surface area contributed by atoms with Gasteiger partial charge < -0.3 is 33.3 Å². The van der Waals surface area contributed by atoms with Gasteiger partial charge in [-0.15, -0.1) is 0 Å². The summed E-state index contributed by atoms with van der Waals surface area (Å²) in [5.74, 6) is -2.39. The zero-order chi connectivity index (χ0) is 52.0. The van der Waals surface area contributed by atoms with E-state index >= 15 is 0 Å². The summed E-state index contributed by atoms with van der Waals surface area (Å²) in [5, 5.41) is 11.7. The predicted octanol–water partition coefficient (Wildman–Crippen LogP) is 15.7. The summed E-state index contributed by atoms with van der Waals surface area (Å²) in [6.45, 7) is 4.54. The SMILES string of the molecule is CC/C=C\C/C=C\C/C=C\C/C=C\CCC(=O)OC(COC(=O)CCCCCCCCCCCCCCCCCCCCCCC/C=C\C/C=C\CCCCCCC)COC(OCC[N+](C)(C)C)C(=O)[O-]. The summed E-state index contributed by atoms with van der Waals surface area (Å²) in [7, 11) is 5.89. The molecule has 9 heteroatoms. The van der Waals surface area contributed by atoms with Gasteiger partial charge >= 0.3 is 11.9 Å². The van der Waals surface area contributed by atoms with Gasteiger partial charge in [-0.25, -0.2) is 0 Å². The number of carboxylic acid groups (broad SMARTS) is 1. The smallest absolute Gasteiger partial charge is 0.306 e. The third-order valence-electron chi connectivity index (χ3n) is 12.5. The molecule has 0 saturated carbocycles. The topological polar surface area (TPSA) is 111 Å². The molecule has 0 N–H and O–H groups in total. The maximum absolute atomic E-state index is 12.7. The second-order valence-corrected chi connectivity index (χ2v) is 20.5. The highest BCUT2D eigenvalue weighted by atomic mass is 16.7. The van der Waals surface area contributed by atoms with Crippen molar-refractivity contribution in [2.24, 2.45) is 0 Å². The average Bonchev–Trinajstić information content (AvgIpc) is 3.34. The maximum Gasteiger partial charge on any atom is 0.306 e. The van der Waals surface area contributed by atoms with E-state index in [0.29, 0.717) is 17.4 Å². The number of likely N-dealkylation sites (N-methyl/N-ethyl adjacent to an activating group) is 1. The van der Waals surface area contributed by atoms with Gasteiger partial charge in [-0.05, 0) is 70.6 Å². The van der Waals surface area contributed by atoms with E-state index < -0.39 is 24.3 Å². The molecule has 0 saturated heterocycles. The van der Waals surface area contributed by atoms with Crippen molar-refractivity contribution in [2.75, 3.05) is 47.5 Å². The molecule has 2 atom stereocenters. The molecule has 9 nitrogen and oxygen atoms in total. The molecular formula is C62H109NO8. The number of quaternary nitrogens is 1. The monoisotopic (exact) mass is 996 g/mol. The fraction of sp³-hybridized carbons (Fsp3) is 0.758. The molecule has 0 aliphatic heterocycles. The van der Waals surface area contributed by atoms with E-state index in [-0.39, 0.29) is 38.6 Å². The Balaban J connectivity index is 4.07. The van der Waals surface area contributed by atoms with Gasteiger partial charge in [0.1, 0.15) is 13.2 Å². The molecule has 0 aromatic carbocycles. The number of allylic oxidation sites excluding steroid dienone is 12. The van der Waals surface area contributed by atoms with Crippen LogP contribution in [0.2, 0.25) is 0 Å². The van der Waals surface area contributed by atoms with E-state index in [1.165, 1.54) is 161 Å². The molecule has 0 rings (SSSR count). The highest BCUT2D eigenvalue weighted by molar-refractivity contribution is 5.70. The van der Waals surface area contributed by atoms with Crippen LogP contribution in [-0.4, -0.2) is 82.3 Å². The number of ether oxygens (including phenoxy) is 4. The van der Waals surface area contributed by atoms with Crippen LogP contribution in [0, 0.1) is 0 Å². The van der Waals surface area contributed by atoms with Crippen molar-refractivity contribution in [2.45, 2.75) is 257 Å². The summed E-state index contributed by atoms with van der Waals surface area (Å²) in [5.41, 5.74) is 0. The molecule has 0 bridgehead atoms. The lowest BCUT2D eigenvalue weighted by molar-refractivity contribution is -0.870. The van der Waals surface area contributed by atoms with Crippen LogP contribution in [0.25, 0.3) is 0 Å². The molecule has 0 aromatic heterocycles. The number of hydrogen-bond donors (Lipinski definition) is 0. The number of aliphatic carboxylic acids is 1. The quantitative estimate of drug-likeness (QED) is 0.0195. The lowest BCUT2D eigenvalue weighted by atomic mass is 10.0. The fourth-order valence-electron chi connectivity index (χ4n) is 7.99. The van der Waals surface area contributed by atoms with Gasteiger partial charge in [-0.3, -0.25) is 9.59 Å². The Morgan fingerprint density at radius 3 is 1.25 bits per heavy atom. The van der Waals surface area contributed by atoms with Crippen LogP contribution >= 0.6 is 0 Å². The van der Waals surface area contributed by atoms with Crippen LogP contribution in [0.5, 0.6) is 0 Å². The molecule has 0 amide bonds. The molecule has 0 aliphatic carbocycles. The molecule has 0 radical (unpaired) electrons. The minimum absolute atomic E-state index is 0.125. The van der Waals surface area contributed by atoms with Crippen LogP contribution in [0.1, 0.15) is 245 Å². The largest absolute Gasteiger partial charge is 0.545 e. The molecule has 0 spiro atoms. The summed E-state index contributed by atoms with van der Waals surface area (Å²) < 4.78 is 22.5. The van der Waals surface area contributed by atoms with Crippen LogP contribution < -0.4 is 5.11 Å². The number of esters is 2. The minimum atomic E-state index is -1.64. The van der Waals surface area contributed by atoms with Crippen LogP contribution in [0.15, 0.2) is 72.9 Å². The van der Waals surface area contributed by atoms with E-state index in [1.54, 1.807) is 0 Å². The minimum Gasteiger partial charge on any atom is -0.545 e. The van der Waals surface area contributed by atoms with Gasteiger partial charge in [0.2, 0.25) is 0 Å². The van der Waals surface area contributed by atoms with Gasteiger partial charge in [-0.2, -0.15) is 0 Å². The van der Waals surface area contributed by atoms with Crippen LogP contribution in [-0.2, 0) is 33.3 Å². The van der Waals surface area contributed by atoms with Gasteiger partial charge in [0, 0.05) is 12.8 Å². The van der Waals surface area contributed by atoms with Crippen molar-refractivity contribution >= 4 is 17.9 Å². The number of hydrogen-bond acceptors (Lipinski definition) is 8. The molecule has 0 aliphatic rings. The molecular weight excluding hydrogens is 887 g/mol. The van der Waals surface area contributed by atoms with Gasteiger partial charge in [0.05, 0.1) is 40.3 Å². The van der Waals surface area contributed by atoms with E-state index in [4.69, 9.17) is 18.9 Å². The standard InChI is InChI=1S/C62H109NO8/c1-6-8-10-12-14-16-18-20-21-22-23-24-25-26-27-28-29-30-31-32-33-34-35-36-37-38-39-41-42-44-46-48-50-52-59(64)69-56-58(57-70-62(61(66)67)68-55-54-63(3,4)5)71-60(65)53-51-49-47-45-43-40-19-17-15-13-11-9-7-2/h9,11,15,17-18,20,22-23,40,43,47,49,58,62H,6-8,10,12-14,16,19,21,24-39,41-42,44-46,48,50-57H2,1-5H3/b11-9-,17-15-,20-18-,23-22-,43-40-,49-47-. The molecule has 71 heavy (non-hydrogen) atoms. The summed E-state index contributed by atoms with van der Waals surface area (Å²) in [6.07, 6.45) is 65.7. The highest BCUT2D eigenvalue weighted by Gasteiger charge is 2.21. The third-order valence-corrected chi connectivity index (χ3v) is 12.5. The zero-order valence-electron chi connectivity index (χ0n) is 46.6. The first-order valence-electron chi connectivity index (χ1n) is 29.1. The average molecular weight is 997 g/mol. The number of nitrogens with zero attached hydrogens (tertiary/aromatic N) is 1. The van der Waals surface area contributed by atoms with E-state index in [0.717, 1.165) is 51.4 Å². The van der Waals surface area contributed by atoms with E-state index in [1.807, 2.05) is 33.3 Å². The van der Waals surface area contributed by atoms with Crippen molar-refractivity contribution in [3.63, 3.8) is 0 Å². The molecule has 0 fully saturated rings. The Hall–Kier alpha value is -3.27. The van der Waals surface area contributed by atoms with E-state index in [2.05, 4.69) is 74.6 Å². The van der Waals surface area contributed by atoms with Crippen molar-refractivity contribution in [1.82, 2.24) is 0 Å². The Bertz CT molecular complexity index is 1390. The second kappa shape index (κ2) is 53.0. The Labute approximate surface area is 437 Å².